The van der Waals surface area contributed by atoms with Crippen LogP contribution in [0.15, 0.2) is 54.6 Å². The highest BCUT2D eigenvalue weighted by Crippen LogP contribution is 2.65. The number of anilines is 2. The van der Waals surface area contributed by atoms with E-state index in [1.54, 1.807) is 18.2 Å². The smallest absolute Gasteiger partial charge is 0.258 e. The van der Waals surface area contributed by atoms with Crippen LogP contribution in [0.4, 0.5) is 20.2 Å². The quantitative estimate of drug-likeness (QED) is 0.312. The minimum atomic E-state index is -1.38. The lowest BCUT2D eigenvalue weighted by Crippen LogP contribution is -2.18. The van der Waals surface area contributed by atoms with Crippen molar-refractivity contribution in [3.05, 3.63) is 92.4 Å². The van der Waals surface area contributed by atoms with E-state index in [-0.39, 0.29) is 16.4 Å². The van der Waals surface area contributed by atoms with Crippen LogP contribution in [0.2, 0.25) is 15.1 Å². The van der Waals surface area contributed by atoms with Crippen molar-refractivity contribution in [1.29, 1.82) is 0 Å². The number of halogens is 7. The molecule has 2 amide bonds. The second kappa shape index (κ2) is 9.51. The fraction of sp³-hybridized carbons (Fsp3) is 0.130. The summed E-state index contributed by atoms with van der Waals surface area (Å²) >= 11 is 31.0. The van der Waals surface area contributed by atoms with Crippen molar-refractivity contribution in [2.45, 2.75) is 10.3 Å². The number of alkyl halides is 2. The van der Waals surface area contributed by atoms with E-state index in [9.17, 15) is 18.4 Å². The Hall–Kier alpha value is -2.09. The third-order valence-electron chi connectivity index (χ3n) is 5.24. The summed E-state index contributed by atoms with van der Waals surface area (Å²) in [5.74, 6) is -4.43. The van der Waals surface area contributed by atoms with Gasteiger partial charge in [0, 0.05) is 21.7 Å². The fourth-order valence-corrected chi connectivity index (χ4v) is 5.14. The molecule has 0 aromatic heterocycles. The molecule has 1 fully saturated rings. The number of nitrogens with one attached hydrogen (secondary N) is 2. The predicted octanol–water partition coefficient (Wildman–Crippen LogP) is 7.70. The fourth-order valence-electron chi connectivity index (χ4n) is 3.60. The summed E-state index contributed by atoms with van der Waals surface area (Å²) in [4.78, 5) is 25.3. The average molecular weight is 565 g/mol. The molecular weight excluding hydrogens is 552 g/mol. The summed E-state index contributed by atoms with van der Waals surface area (Å²) in [5.41, 5.74) is 0.456. The summed E-state index contributed by atoms with van der Waals surface area (Å²) < 4.78 is 26.0. The van der Waals surface area contributed by atoms with Crippen molar-refractivity contribution in [2.75, 3.05) is 10.6 Å². The standard InChI is InChI=1S/C23H13Cl5F2N2O2/c24-11-5-10(6-12(25)7-11)19-20(23(19,27)28)22(34)31-14-2-3-16(26)18(9-14)32-21(33)15-8-13(29)1-4-17(15)30/h1-9,19-20H,(H,31,34)(H,32,33)/t19-,20+/m0/s1. The zero-order valence-electron chi connectivity index (χ0n) is 16.8. The Morgan fingerprint density at radius 2 is 1.53 bits per heavy atom. The first-order valence-corrected chi connectivity index (χ1v) is 11.6. The van der Waals surface area contributed by atoms with E-state index in [2.05, 4.69) is 10.6 Å². The second-order valence-corrected chi connectivity index (χ2v) is 10.3. The Bertz CT molecular complexity index is 1300. The monoisotopic (exact) mass is 562 g/mol. The van der Waals surface area contributed by atoms with Gasteiger partial charge in [0.15, 0.2) is 0 Å². The summed E-state index contributed by atoms with van der Waals surface area (Å²) in [6.07, 6.45) is 0. The largest absolute Gasteiger partial charge is 0.326 e. The highest BCUT2D eigenvalue weighted by Gasteiger charge is 2.67. The van der Waals surface area contributed by atoms with Crippen LogP contribution in [0.1, 0.15) is 21.8 Å². The molecule has 11 heteroatoms. The molecule has 4 rings (SSSR count). The molecule has 1 aliphatic carbocycles. The zero-order chi connectivity index (χ0) is 24.8. The number of hydrogen-bond acceptors (Lipinski definition) is 2. The topological polar surface area (TPSA) is 58.2 Å². The van der Waals surface area contributed by atoms with Crippen LogP contribution in [0.3, 0.4) is 0 Å². The molecular formula is C23H13Cl5F2N2O2. The first-order chi connectivity index (χ1) is 16.0. The van der Waals surface area contributed by atoms with Gasteiger partial charge in [-0.2, -0.15) is 0 Å². The van der Waals surface area contributed by atoms with Gasteiger partial charge in [-0.1, -0.05) is 34.8 Å². The van der Waals surface area contributed by atoms with Gasteiger partial charge in [-0.15, -0.1) is 23.2 Å². The van der Waals surface area contributed by atoms with Crippen LogP contribution >= 0.6 is 58.0 Å². The molecule has 0 unspecified atom stereocenters. The van der Waals surface area contributed by atoms with E-state index in [0.29, 0.717) is 15.6 Å². The minimum Gasteiger partial charge on any atom is -0.326 e. The molecule has 1 aliphatic rings. The molecule has 3 aromatic rings. The molecule has 0 bridgehead atoms. The van der Waals surface area contributed by atoms with Crippen LogP contribution < -0.4 is 10.6 Å². The van der Waals surface area contributed by atoms with E-state index in [0.717, 1.165) is 18.2 Å². The third-order valence-corrected chi connectivity index (χ3v) is 6.94. The molecule has 2 N–H and O–H groups in total. The molecule has 0 aliphatic heterocycles. The minimum absolute atomic E-state index is 0.0742. The SMILES string of the molecule is O=C(Nc1cc(NC(=O)[C@H]2[C@H](c3cc(Cl)cc(Cl)c3)C2(Cl)Cl)ccc1Cl)c1cc(F)ccc1F. The molecule has 1 saturated carbocycles. The maximum absolute atomic E-state index is 13.9. The summed E-state index contributed by atoms with van der Waals surface area (Å²) in [6.45, 7) is 0. The number of amides is 2. The molecule has 3 aromatic carbocycles. The first-order valence-electron chi connectivity index (χ1n) is 9.68. The summed E-state index contributed by atoms with van der Waals surface area (Å²) in [5, 5.41) is 5.95. The van der Waals surface area contributed by atoms with Crippen LogP contribution in [-0.4, -0.2) is 16.1 Å². The lowest BCUT2D eigenvalue weighted by Gasteiger charge is -2.11. The third kappa shape index (κ3) is 5.11. The number of rotatable bonds is 5. The van der Waals surface area contributed by atoms with Gasteiger partial charge < -0.3 is 10.6 Å². The molecule has 0 saturated heterocycles. The Balaban J connectivity index is 1.51. The summed E-state index contributed by atoms with van der Waals surface area (Å²) in [7, 11) is 0. The van der Waals surface area contributed by atoms with Gasteiger partial charge in [-0.05, 0) is 60.2 Å². The lowest BCUT2D eigenvalue weighted by molar-refractivity contribution is -0.117. The van der Waals surface area contributed by atoms with Crippen molar-refractivity contribution in [2.24, 2.45) is 5.92 Å². The number of carbonyl (C=O) groups is 2. The number of hydrogen-bond donors (Lipinski definition) is 2. The number of carbonyl (C=O) groups excluding carboxylic acids is 2. The Morgan fingerprint density at radius 1 is 0.853 bits per heavy atom. The van der Waals surface area contributed by atoms with Crippen molar-refractivity contribution in [3.8, 4) is 0 Å². The average Bonchev–Trinajstić information content (AvgIpc) is 3.33. The molecule has 0 heterocycles. The second-order valence-electron chi connectivity index (χ2n) is 7.59. The van der Waals surface area contributed by atoms with Gasteiger partial charge in [-0.3, -0.25) is 9.59 Å². The van der Waals surface area contributed by atoms with Crippen molar-refractivity contribution >= 4 is 81.2 Å². The van der Waals surface area contributed by atoms with Gasteiger partial charge in [-0.25, -0.2) is 8.78 Å². The molecule has 176 valence electrons. The Labute approximate surface area is 218 Å². The van der Waals surface area contributed by atoms with Gasteiger partial charge in [0.25, 0.3) is 5.91 Å². The maximum atomic E-state index is 13.9. The highest BCUT2D eigenvalue weighted by atomic mass is 35.5. The highest BCUT2D eigenvalue weighted by molar-refractivity contribution is 6.53. The lowest BCUT2D eigenvalue weighted by atomic mass is 10.1. The van der Waals surface area contributed by atoms with Crippen LogP contribution in [-0.2, 0) is 4.79 Å². The normalized spacial score (nSPS) is 18.3. The van der Waals surface area contributed by atoms with Gasteiger partial charge >= 0.3 is 0 Å². The van der Waals surface area contributed by atoms with Gasteiger partial charge in [0.2, 0.25) is 5.91 Å². The molecule has 0 radical (unpaired) electrons. The van der Waals surface area contributed by atoms with Crippen LogP contribution in [0.25, 0.3) is 0 Å². The van der Waals surface area contributed by atoms with Crippen molar-refractivity contribution in [1.82, 2.24) is 0 Å². The van der Waals surface area contributed by atoms with Crippen molar-refractivity contribution in [3.63, 3.8) is 0 Å². The van der Waals surface area contributed by atoms with Crippen LogP contribution in [0.5, 0.6) is 0 Å². The van der Waals surface area contributed by atoms with Crippen LogP contribution in [0, 0.1) is 17.6 Å². The predicted molar refractivity (Wildman–Crippen MR) is 132 cm³/mol. The first kappa shape index (κ1) is 25.0. The Kier molecular flexibility index (Phi) is 7.00. The zero-order valence-corrected chi connectivity index (χ0v) is 20.6. The number of benzene rings is 3. The van der Waals surface area contributed by atoms with E-state index in [1.807, 2.05) is 0 Å². The van der Waals surface area contributed by atoms with Gasteiger partial charge in [0.1, 0.15) is 16.0 Å². The van der Waals surface area contributed by atoms with E-state index >= 15 is 0 Å². The van der Waals surface area contributed by atoms with Gasteiger partial charge in [0.05, 0.1) is 22.2 Å². The van der Waals surface area contributed by atoms with E-state index < -0.39 is 45.2 Å². The van der Waals surface area contributed by atoms with E-state index in [4.69, 9.17) is 58.0 Å². The maximum Gasteiger partial charge on any atom is 0.258 e. The Morgan fingerprint density at radius 3 is 2.21 bits per heavy atom. The molecule has 4 nitrogen and oxygen atoms in total. The summed E-state index contributed by atoms with van der Waals surface area (Å²) in [6, 6.07) is 11.6. The van der Waals surface area contributed by atoms with Crippen molar-refractivity contribution < 1.29 is 18.4 Å². The molecule has 2 atom stereocenters. The van der Waals surface area contributed by atoms with E-state index in [1.165, 1.54) is 18.2 Å². The molecule has 34 heavy (non-hydrogen) atoms. The molecule has 0 spiro atoms.